The van der Waals surface area contributed by atoms with Gasteiger partial charge in [-0.1, -0.05) is 56.2 Å². The van der Waals surface area contributed by atoms with Gasteiger partial charge in [-0.25, -0.2) is 0 Å². The molecule has 0 saturated carbocycles. The Balaban J connectivity index is 1.95. The van der Waals surface area contributed by atoms with Gasteiger partial charge in [-0.2, -0.15) is 0 Å². The van der Waals surface area contributed by atoms with Crippen molar-refractivity contribution in [3.05, 3.63) is 42.5 Å². The van der Waals surface area contributed by atoms with E-state index < -0.39 is 6.55 Å². The van der Waals surface area contributed by atoms with Crippen molar-refractivity contribution in [1.29, 1.82) is 0 Å². The van der Waals surface area contributed by atoms with Crippen molar-refractivity contribution in [2.45, 2.75) is 65.0 Å². The normalized spacial score (nSPS) is 20.8. The van der Waals surface area contributed by atoms with Gasteiger partial charge in [0.25, 0.3) is 6.55 Å². The molecule has 4 heteroatoms. The maximum atomic E-state index is 6.79. The first-order valence-corrected chi connectivity index (χ1v) is 10.6. The number of unbranched alkanes of at least 4 members (excludes halogenated alkanes) is 1. The molecule has 0 atom stereocenters. The minimum Gasteiger partial charge on any atom is -0.558 e. The van der Waals surface area contributed by atoms with Crippen LogP contribution in [0.2, 0.25) is 6.32 Å². The van der Waals surface area contributed by atoms with Crippen LogP contribution in [0, 0.1) is 0 Å². The van der Waals surface area contributed by atoms with Gasteiger partial charge in [0.15, 0.2) is 0 Å². The van der Waals surface area contributed by atoms with E-state index in [-0.39, 0.29) is 11.2 Å². The molecule has 1 saturated heterocycles. The molecule has 1 aromatic heterocycles. The second-order valence-corrected chi connectivity index (χ2v) is 9.64. The first-order chi connectivity index (χ1) is 12.3. The predicted molar refractivity (Wildman–Crippen MR) is 115 cm³/mol. The first-order valence-electron chi connectivity index (χ1n) is 9.76. The molecule has 0 unspecified atom stereocenters. The molecular formula is C22H28BO2S-. The number of fused-ring (bicyclic) bond motifs is 3. The van der Waals surface area contributed by atoms with E-state index >= 15 is 0 Å². The summed E-state index contributed by atoms with van der Waals surface area (Å²) in [5.74, 6) is 0. The highest BCUT2D eigenvalue weighted by Crippen LogP contribution is 2.45. The van der Waals surface area contributed by atoms with Gasteiger partial charge in [0.2, 0.25) is 0 Å². The molecule has 3 aromatic rings. The Hall–Kier alpha value is -1.36. The summed E-state index contributed by atoms with van der Waals surface area (Å²) in [6, 6.07) is 15.3. The zero-order valence-corrected chi connectivity index (χ0v) is 17.3. The molecule has 1 aliphatic rings. The van der Waals surface area contributed by atoms with Crippen molar-refractivity contribution in [3.63, 3.8) is 0 Å². The lowest BCUT2D eigenvalue weighted by molar-refractivity contribution is 0.00578. The average Bonchev–Trinajstić information content (AvgIpc) is 3.05. The molecule has 0 radical (unpaired) electrons. The Morgan fingerprint density at radius 3 is 2.23 bits per heavy atom. The van der Waals surface area contributed by atoms with Gasteiger partial charge in [0, 0.05) is 26.0 Å². The van der Waals surface area contributed by atoms with Crippen molar-refractivity contribution in [2.75, 3.05) is 0 Å². The highest BCUT2D eigenvalue weighted by atomic mass is 32.1. The fourth-order valence-corrected chi connectivity index (χ4v) is 5.56. The molecule has 0 amide bonds. The lowest BCUT2D eigenvalue weighted by Gasteiger charge is -2.38. The third-order valence-corrected chi connectivity index (χ3v) is 7.50. The van der Waals surface area contributed by atoms with Crippen molar-refractivity contribution >= 4 is 43.5 Å². The SMILES string of the molecule is CCCC[B-]1(c2cccc3c2sc2ccccc23)OC(C)(C)C(C)(C)O1. The van der Waals surface area contributed by atoms with Crippen LogP contribution in [-0.4, -0.2) is 17.8 Å². The summed E-state index contributed by atoms with van der Waals surface area (Å²) in [6.45, 7) is 9.37. The smallest absolute Gasteiger partial charge is 0.271 e. The lowest BCUT2D eigenvalue weighted by atomic mass is 9.48. The van der Waals surface area contributed by atoms with Gasteiger partial charge in [-0.05, 0) is 39.1 Å². The molecule has 2 aromatic carbocycles. The van der Waals surface area contributed by atoms with Crippen LogP contribution in [0.4, 0.5) is 0 Å². The van der Waals surface area contributed by atoms with Gasteiger partial charge < -0.3 is 9.31 Å². The van der Waals surface area contributed by atoms with Crippen LogP contribution in [0.3, 0.4) is 0 Å². The van der Waals surface area contributed by atoms with Crippen LogP contribution in [0.15, 0.2) is 42.5 Å². The molecule has 1 aliphatic heterocycles. The van der Waals surface area contributed by atoms with Gasteiger partial charge in [-0.15, -0.1) is 23.1 Å². The molecule has 4 rings (SSSR count). The first kappa shape index (κ1) is 18.0. The van der Waals surface area contributed by atoms with E-state index in [1.807, 2.05) is 11.3 Å². The van der Waals surface area contributed by atoms with Crippen LogP contribution in [0.1, 0.15) is 47.5 Å². The Morgan fingerprint density at radius 1 is 0.885 bits per heavy atom. The minimum atomic E-state index is -1.51. The van der Waals surface area contributed by atoms with Crippen molar-refractivity contribution < 1.29 is 9.31 Å². The highest BCUT2D eigenvalue weighted by Gasteiger charge is 2.52. The van der Waals surface area contributed by atoms with E-state index in [1.54, 1.807) is 0 Å². The fourth-order valence-electron chi connectivity index (χ4n) is 4.25. The largest absolute Gasteiger partial charge is 0.558 e. The Kier molecular flexibility index (Phi) is 4.22. The summed E-state index contributed by atoms with van der Waals surface area (Å²) in [7, 11) is 0. The van der Waals surface area contributed by atoms with Crippen molar-refractivity contribution in [3.8, 4) is 0 Å². The van der Waals surface area contributed by atoms with Gasteiger partial charge in [0.05, 0.1) is 0 Å². The van der Waals surface area contributed by atoms with E-state index in [2.05, 4.69) is 77.1 Å². The molecule has 1 fully saturated rings. The summed E-state index contributed by atoms with van der Waals surface area (Å²) in [5.41, 5.74) is 0.606. The zero-order chi connectivity index (χ0) is 18.6. The zero-order valence-electron chi connectivity index (χ0n) is 16.5. The van der Waals surface area contributed by atoms with Crippen LogP contribution in [-0.2, 0) is 9.31 Å². The molecule has 26 heavy (non-hydrogen) atoms. The molecular weight excluding hydrogens is 339 g/mol. The van der Waals surface area contributed by atoms with Crippen LogP contribution in [0.25, 0.3) is 20.2 Å². The number of rotatable bonds is 4. The molecule has 2 heterocycles. The monoisotopic (exact) mass is 367 g/mol. The maximum Gasteiger partial charge on any atom is 0.271 e. The molecule has 2 nitrogen and oxygen atoms in total. The minimum absolute atomic E-state index is 0.320. The van der Waals surface area contributed by atoms with Crippen molar-refractivity contribution in [2.24, 2.45) is 0 Å². The van der Waals surface area contributed by atoms with E-state index in [4.69, 9.17) is 9.31 Å². The van der Waals surface area contributed by atoms with E-state index in [1.165, 1.54) is 25.6 Å². The van der Waals surface area contributed by atoms with Gasteiger partial charge >= 0.3 is 0 Å². The number of hydrogen-bond acceptors (Lipinski definition) is 3. The summed E-state index contributed by atoms with van der Waals surface area (Å²) in [6.07, 6.45) is 3.18. The molecule has 0 spiro atoms. The second kappa shape index (κ2) is 6.08. The number of hydrogen-bond donors (Lipinski definition) is 0. The highest BCUT2D eigenvalue weighted by molar-refractivity contribution is 7.27. The molecule has 0 aliphatic carbocycles. The van der Waals surface area contributed by atoms with E-state index in [9.17, 15) is 0 Å². The topological polar surface area (TPSA) is 18.5 Å². The Bertz CT molecular complexity index is 941. The third kappa shape index (κ3) is 2.62. The summed E-state index contributed by atoms with van der Waals surface area (Å²) in [5, 5.41) is 2.64. The van der Waals surface area contributed by atoms with E-state index in [0.717, 1.165) is 19.2 Å². The maximum absolute atomic E-state index is 6.79. The van der Waals surface area contributed by atoms with Crippen molar-refractivity contribution in [1.82, 2.24) is 0 Å². The van der Waals surface area contributed by atoms with Crippen LogP contribution < -0.4 is 5.46 Å². The molecule has 0 N–H and O–H groups in total. The number of thiophene rings is 1. The molecule has 0 bridgehead atoms. The predicted octanol–water partition coefficient (Wildman–Crippen LogP) is 6.11. The second-order valence-electron chi connectivity index (χ2n) is 8.59. The standard InChI is InChI=1S/C22H28BO2S/c1-6-7-15-23(24-21(2,3)22(4,5)25-23)18-13-10-12-17-16-11-8-9-14-19(16)26-20(17)18/h8-14H,6-7,15H2,1-5H3/q-1. The average molecular weight is 367 g/mol. The van der Waals surface area contributed by atoms with Gasteiger partial charge in [0.1, 0.15) is 0 Å². The van der Waals surface area contributed by atoms with Crippen LogP contribution >= 0.6 is 11.3 Å². The Labute approximate surface area is 160 Å². The Morgan fingerprint density at radius 2 is 1.54 bits per heavy atom. The lowest BCUT2D eigenvalue weighted by Crippen LogP contribution is -2.51. The summed E-state index contributed by atoms with van der Waals surface area (Å²) >= 11 is 1.86. The third-order valence-electron chi connectivity index (χ3n) is 6.27. The fraction of sp³-hybridized carbons (Fsp3) is 0.455. The molecule has 138 valence electrons. The van der Waals surface area contributed by atoms with Crippen LogP contribution in [0.5, 0.6) is 0 Å². The van der Waals surface area contributed by atoms with Gasteiger partial charge in [-0.3, -0.25) is 0 Å². The summed E-state index contributed by atoms with van der Waals surface area (Å²) < 4.78 is 16.2. The van der Waals surface area contributed by atoms with E-state index in [0.29, 0.717) is 0 Å². The quantitative estimate of drug-likeness (QED) is 0.518. The summed E-state index contributed by atoms with van der Waals surface area (Å²) in [4.78, 5) is 0. The number of benzene rings is 2.